The molecule has 0 saturated heterocycles. The van der Waals surface area contributed by atoms with E-state index in [0.29, 0.717) is 17.0 Å². The van der Waals surface area contributed by atoms with E-state index in [1.165, 1.54) is 29.7 Å². The van der Waals surface area contributed by atoms with Gasteiger partial charge in [-0.15, -0.1) is 16.4 Å². The number of thiazole rings is 1. The lowest BCUT2D eigenvalue weighted by atomic mass is 10.1. The van der Waals surface area contributed by atoms with Gasteiger partial charge in [-0.25, -0.2) is 4.98 Å². The monoisotopic (exact) mass is 316 g/mol. The van der Waals surface area contributed by atoms with E-state index in [2.05, 4.69) is 15.2 Å². The molecule has 0 saturated carbocycles. The van der Waals surface area contributed by atoms with Crippen LogP contribution in [0.4, 0.5) is 0 Å². The van der Waals surface area contributed by atoms with E-state index in [0.717, 1.165) is 4.96 Å². The number of benzene rings is 1. The van der Waals surface area contributed by atoms with Gasteiger partial charge in [0.1, 0.15) is 0 Å². The van der Waals surface area contributed by atoms with E-state index in [1.807, 2.05) is 16.0 Å². The lowest BCUT2D eigenvalue weighted by Gasteiger charge is -2.02. The van der Waals surface area contributed by atoms with Crippen molar-refractivity contribution in [2.24, 2.45) is 21.7 Å². The minimum Gasteiger partial charge on any atom is -0.504 e. The summed E-state index contributed by atoms with van der Waals surface area (Å²) in [7, 11) is 0. The van der Waals surface area contributed by atoms with E-state index in [-0.39, 0.29) is 17.5 Å². The number of nitrogens with two attached hydrogens (primary N) is 2. The van der Waals surface area contributed by atoms with E-state index in [1.54, 1.807) is 6.07 Å². The van der Waals surface area contributed by atoms with Crippen molar-refractivity contribution in [2.45, 2.75) is 0 Å². The Morgan fingerprint density at radius 2 is 2.09 bits per heavy atom. The molecule has 0 aliphatic carbocycles. The maximum atomic E-state index is 9.66. The Morgan fingerprint density at radius 3 is 2.82 bits per heavy atom. The Morgan fingerprint density at radius 1 is 1.27 bits per heavy atom. The first-order chi connectivity index (χ1) is 10.6. The molecule has 9 heteroatoms. The molecule has 0 bridgehead atoms. The van der Waals surface area contributed by atoms with Crippen LogP contribution in [0.1, 0.15) is 5.69 Å². The van der Waals surface area contributed by atoms with Gasteiger partial charge >= 0.3 is 0 Å². The number of aromatic nitrogens is 2. The molecule has 3 aromatic rings. The Balaban J connectivity index is 2.16. The SMILES string of the molecule is NC(N)=N/N=C/c1c(-c2ccc(O)c(O)c2)nc2sccn12. The van der Waals surface area contributed by atoms with Crippen molar-refractivity contribution in [2.75, 3.05) is 0 Å². The van der Waals surface area contributed by atoms with Crippen LogP contribution in [0.25, 0.3) is 16.2 Å². The van der Waals surface area contributed by atoms with Gasteiger partial charge in [-0.1, -0.05) is 0 Å². The van der Waals surface area contributed by atoms with Gasteiger partial charge in [0, 0.05) is 17.1 Å². The highest BCUT2D eigenvalue weighted by Crippen LogP contribution is 2.32. The van der Waals surface area contributed by atoms with E-state index >= 15 is 0 Å². The number of phenols is 2. The fourth-order valence-electron chi connectivity index (χ4n) is 1.96. The molecule has 112 valence electrons. The molecule has 0 fully saturated rings. The topological polar surface area (TPSA) is 135 Å². The molecule has 0 atom stereocenters. The van der Waals surface area contributed by atoms with Crippen molar-refractivity contribution in [1.82, 2.24) is 9.38 Å². The van der Waals surface area contributed by atoms with Gasteiger partial charge in [-0.05, 0) is 18.2 Å². The lowest BCUT2D eigenvalue weighted by Crippen LogP contribution is -2.21. The van der Waals surface area contributed by atoms with Crippen LogP contribution in [-0.4, -0.2) is 31.8 Å². The molecule has 0 spiro atoms. The first kappa shape index (κ1) is 13.9. The molecule has 3 rings (SSSR count). The van der Waals surface area contributed by atoms with E-state index in [9.17, 15) is 10.2 Å². The largest absolute Gasteiger partial charge is 0.504 e. The molecular formula is C13H12N6O2S. The summed E-state index contributed by atoms with van der Waals surface area (Å²) in [5.41, 5.74) is 12.4. The van der Waals surface area contributed by atoms with E-state index < -0.39 is 0 Å². The third-order valence-corrected chi connectivity index (χ3v) is 3.66. The average Bonchev–Trinajstić information content (AvgIpc) is 3.04. The van der Waals surface area contributed by atoms with Crippen molar-refractivity contribution in [3.63, 3.8) is 0 Å². The number of aromatic hydroxyl groups is 2. The van der Waals surface area contributed by atoms with Crippen LogP contribution >= 0.6 is 11.3 Å². The average molecular weight is 316 g/mol. The Bertz CT molecular complexity index is 891. The Kier molecular flexibility index (Phi) is 3.39. The van der Waals surface area contributed by atoms with Gasteiger partial charge in [0.05, 0.1) is 17.6 Å². The molecule has 0 unspecified atom stereocenters. The van der Waals surface area contributed by atoms with Crippen LogP contribution in [0.3, 0.4) is 0 Å². The molecule has 2 heterocycles. The summed E-state index contributed by atoms with van der Waals surface area (Å²) in [6, 6.07) is 4.48. The minimum absolute atomic E-state index is 0.147. The summed E-state index contributed by atoms with van der Waals surface area (Å²) in [6.07, 6.45) is 3.32. The number of hydrogen-bond acceptors (Lipinski definition) is 6. The first-order valence-electron chi connectivity index (χ1n) is 6.16. The van der Waals surface area contributed by atoms with Crippen LogP contribution in [0.15, 0.2) is 40.0 Å². The van der Waals surface area contributed by atoms with Crippen LogP contribution in [-0.2, 0) is 0 Å². The van der Waals surface area contributed by atoms with Crippen molar-refractivity contribution in [3.05, 3.63) is 35.5 Å². The van der Waals surface area contributed by atoms with Crippen molar-refractivity contribution < 1.29 is 10.2 Å². The second-order valence-electron chi connectivity index (χ2n) is 4.37. The zero-order valence-electron chi connectivity index (χ0n) is 11.2. The fourth-order valence-corrected chi connectivity index (χ4v) is 2.68. The Hall–Kier alpha value is -3.07. The number of fused-ring (bicyclic) bond motifs is 1. The van der Waals surface area contributed by atoms with Gasteiger partial charge < -0.3 is 21.7 Å². The highest BCUT2D eigenvalue weighted by atomic mass is 32.1. The highest BCUT2D eigenvalue weighted by Gasteiger charge is 2.14. The normalized spacial score (nSPS) is 11.3. The summed E-state index contributed by atoms with van der Waals surface area (Å²) in [4.78, 5) is 5.26. The van der Waals surface area contributed by atoms with Gasteiger partial charge in [-0.2, -0.15) is 5.10 Å². The standard InChI is InChI=1S/C13H12N6O2S/c14-12(15)18-16-6-8-11(17-13-19(8)3-4-22-13)7-1-2-9(20)10(21)5-7/h1-6,20-21H,(H4,14,15,18)/b16-6+. The molecule has 2 aromatic heterocycles. The number of guanidine groups is 1. The summed E-state index contributed by atoms with van der Waals surface area (Å²) < 4.78 is 1.83. The van der Waals surface area contributed by atoms with Crippen molar-refractivity contribution in [1.29, 1.82) is 0 Å². The third kappa shape index (κ3) is 2.44. The van der Waals surface area contributed by atoms with Crippen molar-refractivity contribution >= 4 is 28.5 Å². The molecule has 0 aliphatic heterocycles. The summed E-state index contributed by atoms with van der Waals surface area (Å²) in [5, 5.41) is 28.3. The number of rotatable bonds is 3. The fraction of sp³-hybridized carbons (Fsp3) is 0. The zero-order valence-corrected chi connectivity index (χ0v) is 12.0. The van der Waals surface area contributed by atoms with Crippen molar-refractivity contribution in [3.8, 4) is 22.8 Å². The zero-order chi connectivity index (χ0) is 15.7. The van der Waals surface area contributed by atoms with Gasteiger partial charge in [0.15, 0.2) is 16.5 Å². The second-order valence-corrected chi connectivity index (χ2v) is 5.25. The highest BCUT2D eigenvalue weighted by molar-refractivity contribution is 7.15. The molecule has 6 N–H and O–H groups in total. The van der Waals surface area contributed by atoms with Crippen LogP contribution in [0, 0.1) is 0 Å². The molecule has 0 aliphatic rings. The Labute approximate surface area is 128 Å². The smallest absolute Gasteiger partial charge is 0.211 e. The van der Waals surface area contributed by atoms with Gasteiger partial charge in [0.25, 0.3) is 0 Å². The lowest BCUT2D eigenvalue weighted by molar-refractivity contribution is 0.404. The number of phenolic OH excluding ortho intramolecular Hbond substituents is 2. The quantitative estimate of drug-likeness (QED) is 0.248. The summed E-state index contributed by atoms with van der Waals surface area (Å²) >= 11 is 1.46. The van der Waals surface area contributed by atoms with Gasteiger partial charge in [-0.3, -0.25) is 4.40 Å². The van der Waals surface area contributed by atoms with Gasteiger partial charge in [0.2, 0.25) is 5.96 Å². The predicted molar refractivity (Wildman–Crippen MR) is 85.2 cm³/mol. The molecule has 1 aromatic carbocycles. The third-order valence-electron chi connectivity index (χ3n) is 2.90. The van der Waals surface area contributed by atoms with Crippen LogP contribution in [0.5, 0.6) is 11.5 Å². The first-order valence-corrected chi connectivity index (χ1v) is 7.04. The molecular weight excluding hydrogens is 304 g/mol. The summed E-state index contributed by atoms with van der Waals surface area (Å²) in [6.45, 7) is 0. The number of nitrogens with zero attached hydrogens (tertiary/aromatic N) is 4. The molecule has 22 heavy (non-hydrogen) atoms. The second kappa shape index (κ2) is 5.37. The summed E-state index contributed by atoms with van der Waals surface area (Å²) in [5.74, 6) is -0.562. The predicted octanol–water partition coefficient (Wildman–Crippen LogP) is 1.08. The molecule has 8 nitrogen and oxygen atoms in total. The number of hydrogen-bond donors (Lipinski definition) is 4. The van der Waals surface area contributed by atoms with Crippen LogP contribution < -0.4 is 11.5 Å². The molecule has 0 radical (unpaired) electrons. The maximum Gasteiger partial charge on any atom is 0.211 e. The maximum absolute atomic E-state index is 9.66. The molecule has 0 amide bonds. The number of imidazole rings is 1. The minimum atomic E-state index is -0.221. The van der Waals surface area contributed by atoms with Crippen LogP contribution in [0.2, 0.25) is 0 Å². The van der Waals surface area contributed by atoms with E-state index in [4.69, 9.17) is 11.5 Å².